The third-order valence-electron chi connectivity index (χ3n) is 1.96. The molecule has 0 saturated heterocycles. The molecule has 2 unspecified atom stereocenters. The fourth-order valence-electron chi connectivity index (χ4n) is 1.06. The number of carbonyl (C=O) groups excluding carboxylic acids is 1. The highest BCUT2D eigenvalue weighted by molar-refractivity contribution is 9.09. The van der Waals surface area contributed by atoms with Gasteiger partial charge < -0.3 is 11.5 Å². The molecule has 0 fully saturated rings. The fourth-order valence-corrected chi connectivity index (χ4v) is 1.55. The first-order valence-electron chi connectivity index (χ1n) is 3.61. The number of Topliss-reactive ketones (excluding diaryl/α,β-unsaturated/α-hetero) is 1. The number of hydrogen-bond donors (Lipinski definition) is 2. The zero-order valence-corrected chi connectivity index (χ0v) is 8.12. The van der Waals surface area contributed by atoms with Gasteiger partial charge in [0.2, 0.25) is 0 Å². The molecule has 1 aliphatic carbocycles. The van der Waals surface area contributed by atoms with Crippen LogP contribution in [0.15, 0.2) is 24.3 Å². The van der Waals surface area contributed by atoms with E-state index in [0.29, 0.717) is 0 Å². The zero-order valence-electron chi connectivity index (χ0n) is 6.53. The molecule has 12 heavy (non-hydrogen) atoms. The molecule has 0 radical (unpaired) electrons. The van der Waals surface area contributed by atoms with Crippen molar-refractivity contribution in [3.63, 3.8) is 0 Å². The van der Waals surface area contributed by atoms with Gasteiger partial charge in [-0.15, -0.1) is 0 Å². The van der Waals surface area contributed by atoms with Crippen molar-refractivity contribution in [2.75, 3.05) is 5.33 Å². The van der Waals surface area contributed by atoms with Gasteiger partial charge in [0.25, 0.3) is 0 Å². The van der Waals surface area contributed by atoms with E-state index in [-0.39, 0.29) is 11.1 Å². The van der Waals surface area contributed by atoms with Crippen molar-refractivity contribution in [2.45, 2.75) is 11.6 Å². The second-order valence-corrected chi connectivity index (χ2v) is 3.32. The predicted molar refractivity (Wildman–Crippen MR) is 52.0 cm³/mol. The molecule has 1 aliphatic rings. The summed E-state index contributed by atoms with van der Waals surface area (Å²) in [5.41, 5.74) is 10.5. The third kappa shape index (κ3) is 1.50. The van der Waals surface area contributed by atoms with Crippen molar-refractivity contribution in [3.8, 4) is 0 Å². The van der Waals surface area contributed by atoms with Gasteiger partial charge >= 0.3 is 0 Å². The molecule has 0 heterocycles. The van der Waals surface area contributed by atoms with Crippen molar-refractivity contribution in [3.05, 3.63) is 24.3 Å². The van der Waals surface area contributed by atoms with Gasteiger partial charge in [-0.1, -0.05) is 40.2 Å². The van der Waals surface area contributed by atoms with Crippen molar-refractivity contribution in [2.24, 2.45) is 11.5 Å². The van der Waals surface area contributed by atoms with E-state index >= 15 is 0 Å². The standard InChI is InChI=1S/C8H11BrN2O/c9-5-7(12)8(11)4-2-1-3-6(8)10/h1-4,6H,5,10-11H2. The molecule has 0 spiro atoms. The van der Waals surface area contributed by atoms with Crippen LogP contribution in [0, 0.1) is 0 Å². The maximum absolute atomic E-state index is 11.4. The van der Waals surface area contributed by atoms with Gasteiger partial charge in [0, 0.05) is 0 Å². The topological polar surface area (TPSA) is 69.1 Å². The lowest BCUT2D eigenvalue weighted by molar-refractivity contribution is -0.120. The van der Waals surface area contributed by atoms with Gasteiger partial charge in [-0.25, -0.2) is 0 Å². The van der Waals surface area contributed by atoms with Crippen LogP contribution < -0.4 is 11.5 Å². The Kier molecular flexibility index (Phi) is 2.82. The summed E-state index contributed by atoms with van der Waals surface area (Å²) in [5.74, 6) is -0.101. The van der Waals surface area contributed by atoms with Crippen LogP contribution in [0.4, 0.5) is 0 Å². The largest absolute Gasteiger partial charge is 0.322 e. The molecule has 0 aliphatic heterocycles. The van der Waals surface area contributed by atoms with Crippen LogP contribution in [0.2, 0.25) is 0 Å². The number of ketones is 1. The average Bonchev–Trinajstić information content (AvgIpc) is 2.09. The highest BCUT2D eigenvalue weighted by Gasteiger charge is 2.36. The second kappa shape index (κ2) is 3.51. The van der Waals surface area contributed by atoms with Crippen molar-refractivity contribution >= 4 is 21.7 Å². The number of alkyl halides is 1. The Labute approximate surface area is 79.6 Å². The van der Waals surface area contributed by atoms with Gasteiger partial charge in [-0.2, -0.15) is 0 Å². The monoisotopic (exact) mass is 230 g/mol. The van der Waals surface area contributed by atoms with Crippen LogP contribution in [0.25, 0.3) is 0 Å². The summed E-state index contributed by atoms with van der Waals surface area (Å²) in [4.78, 5) is 11.4. The molecular formula is C8H11BrN2O. The normalized spacial score (nSPS) is 33.8. The first-order chi connectivity index (χ1) is 5.61. The Bertz CT molecular complexity index is 249. The maximum atomic E-state index is 11.4. The number of allylic oxidation sites excluding steroid dienone is 2. The summed E-state index contributed by atoms with van der Waals surface area (Å²) >= 11 is 3.07. The SMILES string of the molecule is NC1C=CC=CC1(N)C(=O)CBr. The van der Waals surface area contributed by atoms with Crippen molar-refractivity contribution in [1.29, 1.82) is 0 Å². The molecule has 0 bridgehead atoms. The molecule has 2 atom stereocenters. The molecule has 0 aromatic rings. The number of hydrogen-bond acceptors (Lipinski definition) is 3. The molecule has 4 N–H and O–H groups in total. The van der Waals surface area contributed by atoms with Gasteiger partial charge in [0.1, 0.15) is 5.54 Å². The first-order valence-corrected chi connectivity index (χ1v) is 4.73. The van der Waals surface area contributed by atoms with Crippen LogP contribution in [0.3, 0.4) is 0 Å². The molecule has 0 aromatic carbocycles. The second-order valence-electron chi connectivity index (χ2n) is 2.76. The highest BCUT2D eigenvalue weighted by atomic mass is 79.9. The summed E-state index contributed by atoms with van der Waals surface area (Å²) in [7, 11) is 0. The molecule has 0 amide bonds. The van der Waals surface area contributed by atoms with E-state index < -0.39 is 11.6 Å². The van der Waals surface area contributed by atoms with E-state index in [0.717, 1.165) is 0 Å². The number of carbonyl (C=O) groups is 1. The van der Waals surface area contributed by atoms with Crippen molar-refractivity contribution in [1.82, 2.24) is 0 Å². The Morgan fingerprint density at radius 1 is 1.58 bits per heavy atom. The van der Waals surface area contributed by atoms with Crippen LogP contribution >= 0.6 is 15.9 Å². The summed E-state index contributed by atoms with van der Waals surface area (Å²) < 4.78 is 0. The van der Waals surface area contributed by atoms with E-state index in [4.69, 9.17) is 11.5 Å². The predicted octanol–water partition coefficient (Wildman–Crippen LogP) is 0.101. The lowest BCUT2D eigenvalue weighted by Crippen LogP contribution is -2.59. The lowest BCUT2D eigenvalue weighted by Gasteiger charge is -2.30. The van der Waals surface area contributed by atoms with Crippen LogP contribution in [-0.4, -0.2) is 22.7 Å². The van der Waals surface area contributed by atoms with E-state index in [1.165, 1.54) is 0 Å². The summed E-state index contributed by atoms with van der Waals surface area (Å²) in [6.07, 6.45) is 6.89. The number of rotatable bonds is 2. The van der Waals surface area contributed by atoms with Crippen LogP contribution in [0.5, 0.6) is 0 Å². The minimum atomic E-state index is -1.03. The van der Waals surface area contributed by atoms with E-state index in [1.807, 2.05) is 0 Å². The summed E-state index contributed by atoms with van der Waals surface area (Å²) in [6.45, 7) is 0. The van der Waals surface area contributed by atoms with Gasteiger partial charge in [-0.3, -0.25) is 4.79 Å². The number of nitrogens with two attached hydrogens (primary N) is 2. The third-order valence-corrected chi connectivity index (χ3v) is 2.47. The highest BCUT2D eigenvalue weighted by Crippen LogP contribution is 2.15. The summed E-state index contributed by atoms with van der Waals surface area (Å²) in [5, 5.41) is 0.232. The molecule has 1 rings (SSSR count). The minimum absolute atomic E-state index is 0.101. The fraction of sp³-hybridized carbons (Fsp3) is 0.375. The minimum Gasteiger partial charge on any atom is -0.322 e. The Morgan fingerprint density at radius 2 is 2.25 bits per heavy atom. The van der Waals surface area contributed by atoms with Crippen molar-refractivity contribution < 1.29 is 4.79 Å². The van der Waals surface area contributed by atoms with Gasteiger partial charge in [0.15, 0.2) is 5.78 Å². The van der Waals surface area contributed by atoms with Gasteiger partial charge in [0.05, 0.1) is 11.4 Å². The molecule has 66 valence electrons. The molecule has 0 saturated carbocycles. The molecular weight excluding hydrogens is 220 g/mol. The zero-order chi connectivity index (χ0) is 9.19. The van der Waals surface area contributed by atoms with E-state index in [1.54, 1.807) is 24.3 Å². The lowest BCUT2D eigenvalue weighted by atomic mass is 9.84. The maximum Gasteiger partial charge on any atom is 0.168 e. The smallest absolute Gasteiger partial charge is 0.168 e. The van der Waals surface area contributed by atoms with Crippen LogP contribution in [0.1, 0.15) is 0 Å². The Hall–Kier alpha value is -0.450. The Morgan fingerprint density at radius 3 is 2.75 bits per heavy atom. The molecule has 4 heteroatoms. The molecule has 0 aromatic heterocycles. The van der Waals surface area contributed by atoms with E-state index in [9.17, 15) is 4.79 Å². The first kappa shape index (κ1) is 9.64. The van der Waals surface area contributed by atoms with E-state index in [2.05, 4.69) is 15.9 Å². The molecule has 3 nitrogen and oxygen atoms in total. The van der Waals surface area contributed by atoms with Gasteiger partial charge in [-0.05, 0) is 0 Å². The number of halogens is 1. The summed E-state index contributed by atoms with van der Waals surface area (Å²) in [6, 6.07) is -0.424. The van der Waals surface area contributed by atoms with Crippen LogP contribution in [-0.2, 0) is 4.79 Å². The average molecular weight is 231 g/mol. The Balaban J connectivity index is 2.90. The quantitative estimate of drug-likeness (QED) is 0.662.